The van der Waals surface area contributed by atoms with Crippen molar-refractivity contribution in [3.05, 3.63) is 30.6 Å². The molecule has 7 heteroatoms. The van der Waals surface area contributed by atoms with Crippen molar-refractivity contribution in [1.82, 2.24) is 19.7 Å². The molecule has 2 amide bonds. The number of nitrogens with zero attached hydrogens (tertiary/aromatic N) is 4. The second-order valence-corrected chi connectivity index (χ2v) is 7.73. The number of carbonyl (C=O) groups is 1. The first kappa shape index (κ1) is 17.4. The number of nitrogens with one attached hydrogen (secondary N) is 1. The molecule has 1 N–H and O–H groups in total. The van der Waals surface area contributed by atoms with Crippen molar-refractivity contribution in [1.29, 1.82) is 0 Å². The number of anilines is 1. The predicted molar refractivity (Wildman–Crippen MR) is 96.3 cm³/mol. The maximum Gasteiger partial charge on any atom is 0.322 e. The summed E-state index contributed by atoms with van der Waals surface area (Å²) >= 11 is 0. The summed E-state index contributed by atoms with van der Waals surface area (Å²) in [5, 5.41) is 7.23. The van der Waals surface area contributed by atoms with Crippen LogP contribution in [0.1, 0.15) is 27.7 Å². The van der Waals surface area contributed by atoms with Crippen molar-refractivity contribution in [3.8, 4) is 11.4 Å². The molecule has 7 nitrogen and oxygen atoms in total. The minimum atomic E-state index is -0.367. The minimum Gasteiger partial charge on any atom is -0.366 e. The summed E-state index contributed by atoms with van der Waals surface area (Å²) in [6.07, 6.45) is 1.66. The molecule has 0 atom stereocenters. The molecular formula is C18H25N5O2. The quantitative estimate of drug-likeness (QED) is 0.910. The number of hydrogen-bond acceptors (Lipinski definition) is 4. The number of aromatic nitrogens is 3. The standard InChI is InChI=1S/C18H25N5O2/c1-17(2)10-23(11-18(3,4)25-17)16(24)20-14-8-6-13(7-9-14)15-19-12-22(5)21-15/h6-9,12H,10-11H2,1-5H3,(H,20,24). The summed E-state index contributed by atoms with van der Waals surface area (Å²) in [5.74, 6) is 0.664. The highest BCUT2D eigenvalue weighted by Crippen LogP contribution is 2.28. The van der Waals surface area contributed by atoms with Crippen LogP contribution in [0, 0.1) is 0 Å². The van der Waals surface area contributed by atoms with Crippen LogP contribution in [0.4, 0.5) is 10.5 Å². The van der Waals surface area contributed by atoms with E-state index >= 15 is 0 Å². The van der Waals surface area contributed by atoms with Crippen LogP contribution in [0.2, 0.25) is 0 Å². The van der Waals surface area contributed by atoms with Gasteiger partial charge in [0, 0.05) is 18.3 Å². The van der Waals surface area contributed by atoms with Crippen LogP contribution >= 0.6 is 0 Å². The number of benzene rings is 1. The smallest absolute Gasteiger partial charge is 0.322 e. The highest BCUT2D eigenvalue weighted by atomic mass is 16.5. The van der Waals surface area contributed by atoms with Crippen LogP contribution in [0.15, 0.2) is 30.6 Å². The Bertz CT molecular complexity index is 748. The molecule has 2 heterocycles. The van der Waals surface area contributed by atoms with E-state index in [1.165, 1.54) is 0 Å². The lowest BCUT2D eigenvalue weighted by molar-refractivity contribution is -0.169. The van der Waals surface area contributed by atoms with Crippen LogP contribution in [0.25, 0.3) is 11.4 Å². The molecule has 1 saturated heterocycles. The van der Waals surface area contributed by atoms with Crippen molar-refractivity contribution < 1.29 is 9.53 Å². The van der Waals surface area contributed by atoms with Gasteiger partial charge in [-0.1, -0.05) is 0 Å². The molecule has 0 radical (unpaired) electrons. The van der Waals surface area contributed by atoms with Crippen LogP contribution in [0.3, 0.4) is 0 Å². The van der Waals surface area contributed by atoms with Crippen LogP contribution < -0.4 is 5.32 Å². The van der Waals surface area contributed by atoms with Gasteiger partial charge in [0.15, 0.2) is 5.82 Å². The molecule has 1 aromatic heterocycles. The fraction of sp³-hybridized carbons (Fsp3) is 0.500. The summed E-state index contributed by atoms with van der Waals surface area (Å²) in [6, 6.07) is 7.41. The Balaban J connectivity index is 1.68. The van der Waals surface area contributed by atoms with E-state index in [9.17, 15) is 4.79 Å². The topological polar surface area (TPSA) is 72.3 Å². The van der Waals surface area contributed by atoms with E-state index in [4.69, 9.17) is 4.74 Å². The number of urea groups is 1. The summed E-state index contributed by atoms with van der Waals surface area (Å²) in [6.45, 7) is 9.12. The van der Waals surface area contributed by atoms with E-state index in [-0.39, 0.29) is 17.2 Å². The predicted octanol–water partition coefficient (Wildman–Crippen LogP) is 2.90. The summed E-state index contributed by atoms with van der Waals surface area (Å²) < 4.78 is 7.68. The SMILES string of the molecule is Cn1cnc(-c2ccc(NC(=O)N3CC(C)(C)OC(C)(C)C3)cc2)n1. The van der Waals surface area contributed by atoms with Gasteiger partial charge >= 0.3 is 6.03 Å². The third kappa shape index (κ3) is 4.17. The Morgan fingerprint density at radius 1 is 1.12 bits per heavy atom. The molecule has 0 bridgehead atoms. The van der Waals surface area contributed by atoms with Crippen LogP contribution in [-0.4, -0.2) is 50.0 Å². The number of amides is 2. The Morgan fingerprint density at radius 3 is 2.24 bits per heavy atom. The maximum absolute atomic E-state index is 12.6. The third-order valence-electron chi connectivity index (χ3n) is 3.98. The molecule has 2 aromatic rings. The van der Waals surface area contributed by atoms with E-state index in [1.807, 2.05) is 59.0 Å². The number of aryl methyl sites for hydroxylation is 1. The normalized spacial score (nSPS) is 18.8. The zero-order valence-electron chi connectivity index (χ0n) is 15.4. The van der Waals surface area contributed by atoms with E-state index in [0.717, 1.165) is 11.3 Å². The molecule has 3 rings (SSSR count). The molecule has 1 aliphatic heterocycles. The van der Waals surface area contributed by atoms with Gasteiger partial charge in [-0.05, 0) is 52.0 Å². The molecule has 0 saturated carbocycles. The van der Waals surface area contributed by atoms with Gasteiger partial charge in [-0.15, -0.1) is 0 Å². The lowest BCUT2D eigenvalue weighted by Crippen LogP contribution is -2.59. The van der Waals surface area contributed by atoms with Crippen molar-refractivity contribution in [2.45, 2.75) is 38.9 Å². The number of carbonyl (C=O) groups excluding carboxylic acids is 1. The lowest BCUT2D eigenvalue weighted by Gasteiger charge is -2.46. The monoisotopic (exact) mass is 343 g/mol. The average Bonchev–Trinajstić information content (AvgIpc) is 2.91. The molecule has 25 heavy (non-hydrogen) atoms. The van der Waals surface area contributed by atoms with Crippen molar-refractivity contribution >= 4 is 11.7 Å². The fourth-order valence-corrected chi connectivity index (χ4v) is 3.31. The van der Waals surface area contributed by atoms with Crippen molar-refractivity contribution in [3.63, 3.8) is 0 Å². The third-order valence-corrected chi connectivity index (χ3v) is 3.98. The first-order chi connectivity index (χ1) is 11.6. The van der Waals surface area contributed by atoms with Gasteiger partial charge in [-0.25, -0.2) is 9.78 Å². The second kappa shape index (κ2) is 6.15. The van der Waals surface area contributed by atoms with Crippen LogP contribution in [0.5, 0.6) is 0 Å². The Morgan fingerprint density at radius 2 is 1.72 bits per heavy atom. The summed E-state index contributed by atoms with van der Waals surface area (Å²) in [5.41, 5.74) is 0.917. The summed E-state index contributed by atoms with van der Waals surface area (Å²) in [7, 11) is 1.83. The lowest BCUT2D eigenvalue weighted by atomic mass is 9.99. The number of morpholine rings is 1. The number of hydrogen-bond donors (Lipinski definition) is 1. The molecule has 1 aliphatic rings. The number of rotatable bonds is 2. The van der Waals surface area contributed by atoms with E-state index < -0.39 is 0 Å². The van der Waals surface area contributed by atoms with Gasteiger partial charge in [0.25, 0.3) is 0 Å². The number of ether oxygens (including phenoxy) is 1. The second-order valence-electron chi connectivity index (χ2n) is 7.73. The van der Waals surface area contributed by atoms with E-state index in [2.05, 4.69) is 15.4 Å². The van der Waals surface area contributed by atoms with Crippen LogP contribution in [-0.2, 0) is 11.8 Å². The van der Waals surface area contributed by atoms with Gasteiger partial charge in [-0.3, -0.25) is 4.68 Å². The molecular weight excluding hydrogens is 318 g/mol. The van der Waals surface area contributed by atoms with E-state index in [1.54, 1.807) is 15.9 Å². The molecule has 0 spiro atoms. The molecule has 134 valence electrons. The van der Waals surface area contributed by atoms with E-state index in [0.29, 0.717) is 18.9 Å². The van der Waals surface area contributed by atoms with Gasteiger partial charge in [-0.2, -0.15) is 5.10 Å². The van der Waals surface area contributed by atoms with Gasteiger partial charge in [0.1, 0.15) is 6.33 Å². The van der Waals surface area contributed by atoms with Crippen molar-refractivity contribution in [2.75, 3.05) is 18.4 Å². The Kier molecular flexibility index (Phi) is 4.28. The Hall–Kier alpha value is -2.41. The highest BCUT2D eigenvalue weighted by Gasteiger charge is 2.39. The highest BCUT2D eigenvalue weighted by molar-refractivity contribution is 5.89. The molecule has 1 aromatic carbocycles. The fourth-order valence-electron chi connectivity index (χ4n) is 3.31. The first-order valence-corrected chi connectivity index (χ1v) is 8.36. The van der Waals surface area contributed by atoms with Gasteiger partial charge in [0.2, 0.25) is 0 Å². The Labute approximate surface area is 148 Å². The van der Waals surface area contributed by atoms with Crippen molar-refractivity contribution in [2.24, 2.45) is 7.05 Å². The van der Waals surface area contributed by atoms with Gasteiger partial charge < -0.3 is 15.0 Å². The largest absolute Gasteiger partial charge is 0.366 e. The summed E-state index contributed by atoms with van der Waals surface area (Å²) in [4.78, 5) is 18.7. The zero-order chi connectivity index (χ0) is 18.2. The van der Waals surface area contributed by atoms with Gasteiger partial charge in [0.05, 0.1) is 24.3 Å². The molecule has 0 aliphatic carbocycles. The first-order valence-electron chi connectivity index (χ1n) is 8.36. The average molecular weight is 343 g/mol. The molecule has 1 fully saturated rings. The molecule has 0 unspecified atom stereocenters. The minimum absolute atomic E-state index is 0.117. The maximum atomic E-state index is 12.6. The zero-order valence-corrected chi connectivity index (χ0v) is 15.4.